The van der Waals surface area contributed by atoms with Gasteiger partial charge in [-0.3, -0.25) is 4.79 Å². The first-order valence-electron chi connectivity index (χ1n) is 7.55. The van der Waals surface area contributed by atoms with Gasteiger partial charge in [0.2, 0.25) is 0 Å². The molecule has 2 rings (SSSR count). The zero-order chi connectivity index (χ0) is 15.4. The highest BCUT2D eigenvalue weighted by Gasteiger charge is 2.24. The Labute approximate surface area is 127 Å². The van der Waals surface area contributed by atoms with E-state index in [0.717, 1.165) is 25.9 Å². The SMILES string of the molecule is COc1cc(C(C)=O)ccc1OC(C)C1CCN(C)CC1. The summed E-state index contributed by atoms with van der Waals surface area (Å²) in [5.41, 5.74) is 0.645. The van der Waals surface area contributed by atoms with Gasteiger partial charge in [-0.25, -0.2) is 0 Å². The van der Waals surface area contributed by atoms with Gasteiger partial charge in [-0.15, -0.1) is 0 Å². The first-order chi connectivity index (χ1) is 10.0. The van der Waals surface area contributed by atoms with Crippen LogP contribution < -0.4 is 9.47 Å². The third kappa shape index (κ3) is 3.97. The topological polar surface area (TPSA) is 38.8 Å². The van der Waals surface area contributed by atoms with Gasteiger partial charge in [-0.05, 0) is 70.9 Å². The van der Waals surface area contributed by atoms with Crippen molar-refractivity contribution >= 4 is 5.78 Å². The molecule has 0 bridgehead atoms. The average molecular weight is 291 g/mol. The normalized spacial score (nSPS) is 18.3. The van der Waals surface area contributed by atoms with Crippen LogP contribution in [-0.4, -0.2) is 44.0 Å². The quantitative estimate of drug-likeness (QED) is 0.782. The van der Waals surface area contributed by atoms with Crippen LogP contribution in [0.1, 0.15) is 37.0 Å². The third-order valence-electron chi connectivity index (χ3n) is 4.31. The Morgan fingerprint density at radius 1 is 1.29 bits per heavy atom. The minimum Gasteiger partial charge on any atom is -0.493 e. The fraction of sp³-hybridized carbons (Fsp3) is 0.588. The Kier molecular flexibility index (Phi) is 5.23. The highest BCUT2D eigenvalue weighted by molar-refractivity contribution is 5.94. The largest absolute Gasteiger partial charge is 0.493 e. The molecule has 1 saturated heterocycles. The van der Waals surface area contributed by atoms with Crippen molar-refractivity contribution in [2.45, 2.75) is 32.8 Å². The monoisotopic (exact) mass is 291 g/mol. The number of hydrogen-bond donors (Lipinski definition) is 0. The fourth-order valence-electron chi connectivity index (χ4n) is 2.78. The fourth-order valence-corrected chi connectivity index (χ4v) is 2.78. The van der Waals surface area contributed by atoms with E-state index in [4.69, 9.17) is 9.47 Å². The lowest BCUT2D eigenvalue weighted by Crippen LogP contribution is -2.36. The van der Waals surface area contributed by atoms with Gasteiger partial charge in [0, 0.05) is 5.56 Å². The molecule has 1 aliphatic heterocycles. The molecule has 1 aliphatic rings. The molecule has 1 unspecified atom stereocenters. The number of methoxy groups -OCH3 is 1. The second-order valence-corrected chi connectivity index (χ2v) is 5.89. The molecule has 0 N–H and O–H groups in total. The summed E-state index contributed by atoms with van der Waals surface area (Å²) in [5, 5.41) is 0. The summed E-state index contributed by atoms with van der Waals surface area (Å²) in [5.74, 6) is 1.94. The number of nitrogens with zero attached hydrogens (tertiary/aromatic N) is 1. The number of piperidine rings is 1. The minimum absolute atomic E-state index is 0.0308. The van der Waals surface area contributed by atoms with Crippen LogP contribution >= 0.6 is 0 Å². The van der Waals surface area contributed by atoms with Gasteiger partial charge in [0.05, 0.1) is 13.2 Å². The van der Waals surface area contributed by atoms with E-state index in [-0.39, 0.29) is 11.9 Å². The van der Waals surface area contributed by atoms with E-state index in [0.29, 0.717) is 23.0 Å². The molecule has 1 fully saturated rings. The predicted molar refractivity (Wildman–Crippen MR) is 83.3 cm³/mol. The Bertz CT molecular complexity index is 493. The van der Waals surface area contributed by atoms with Crippen molar-refractivity contribution in [2.24, 2.45) is 5.92 Å². The third-order valence-corrected chi connectivity index (χ3v) is 4.31. The van der Waals surface area contributed by atoms with Crippen molar-refractivity contribution in [1.82, 2.24) is 4.90 Å². The summed E-state index contributed by atoms with van der Waals surface area (Å²) < 4.78 is 11.4. The number of likely N-dealkylation sites (tertiary alicyclic amines) is 1. The van der Waals surface area contributed by atoms with Gasteiger partial charge in [0.25, 0.3) is 0 Å². The number of ketones is 1. The van der Waals surface area contributed by atoms with Gasteiger partial charge in [0.1, 0.15) is 0 Å². The number of Topliss-reactive ketones (excluding diaryl/α,β-unsaturated/α-hetero) is 1. The van der Waals surface area contributed by atoms with Gasteiger partial charge in [0.15, 0.2) is 17.3 Å². The van der Waals surface area contributed by atoms with Crippen molar-refractivity contribution in [2.75, 3.05) is 27.2 Å². The van der Waals surface area contributed by atoms with Gasteiger partial charge in [-0.2, -0.15) is 0 Å². The molecular formula is C17H25NO3. The number of carbonyl (C=O) groups excluding carboxylic acids is 1. The molecule has 0 amide bonds. The summed E-state index contributed by atoms with van der Waals surface area (Å²) >= 11 is 0. The zero-order valence-electron chi connectivity index (χ0n) is 13.4. The first-order valence-corrected chi connectivity index (χ1v) is 7.55. The number of rotatable bonds is 5. The predicted octanol–water partition coefficient (Wildman–Crippen LogP) is 3.01. The molecule has 1 heterocycles. The Balaban J connectivity index is 2.06. The van der Waals surface area contributed by atoms with Crippen LogP contribution in [0.2, 0.25) is 0 Å². The Morgan fingerprint density at radius 3 is 2.52 bits per heavy atom. The van der Waals surface area contributed by atoms with Crippen molar-refractivity contribution in [1.29, 1.82) is 0 Å². The van der Waals surface area contributed by atoms with E-state index in [1.54, 1.807) is 26.2 Å². The number of benzene rings is 1. The molecule has 4 nitrogen and oxygen atoms in total. The Hall–Kier alpha value is -1.55. The highest BCUT2D eigenvalue weighted by Crippen LogP contribution is 2.31. The lowest BCUT2D eigenvalue weighted by atomic mass is 9.92. The van der Waals surface area contributed by atoms with Crippen LogP contribution in [0, 0.1) is 5.92 Å². The molecule has 21 heavy (non-hydrogen) atoms. The molecule has 0 saturated carbocycles. The van der Waals surface area contributed by atoms with E-state index in [2.05, 4.69) is 18.9 Å². The van der Waals surface area contributed by atoms with Crippen molar-refractivity contribution in [3.63, 3.8) is 0 Å². The lowest BCUT2D eigenvalue weighted by molar-refractivity contribution is 0.0951. The van der Waals surface area contributed by atoms with Crippen molar-refractivity contribution in [3.05, 3.63) is 23.8 Å². The minimum atomic E-state index is 0.0308. The second kappa shape index (κ2) is 6.94. The molecule has 4 heteroatoms. The maximum atomic E-state index is 11.4. The smallest absolute Gasteiger partial charge is 0.161 e. The molecule has 1 aromatic carbocycles. The Morgan fingerprint density at radius 2 is 1.95 bits per heavy atom. The zero-order valence-corrected chi connectivity index (χ0v) is 13.4. The number of ether oxygens (including phenoxy) is 2. The van der Waals surface area contributed by atoms with Crippen LogP contribution in [-0.2, 0) is 0 Å². The first kappa shape index (κ1) is 15.8. The van der Waals surface area contributed by atoms with Crippen LogP contribution in [0.3, 0.4) is 0 Å². The summed E-state index contributed by atoms with van der Waals surface area (Å²) in [6, 6.07) is 5.38. The molecular weight excluding hydrogens is 266 g/mol. The standard InChI is InChI=1S/C17H25NO3/c1-12(19)15-5-6-16(17(11-15)20-4)21-13(2)14-7-9-18(3)10-8-14/h5-6,11,13-14H,7-10H2,1-4H3. The van der Waals surface area contributed by atoms with E-state index >= 15 is 0 Å². The average Bonchev–Trinajstić information content (AvgIpc) is 2.48. The van der Waals surface area contributed by atoms with Crippen molar-refractivity contribution < 1.29 is 14.3 Å². The maximum absolute atomic E-state index is 11.4. The van der Waals surface area contributed by atoms with Gasteiger partial charge in [-0.1, -0.05) is 0 Å². The molecule has 0 aromatic heterocycles. The van der Waals surface area contributed by atoms with Crippen molar-refractivity contribution in [3.8, 4) is 11.5 Å². The van der Waals surface area contributed by atoms with E-state index < -0.39 is 0 Å². The van der Waals surface area contributed by atoms with Crippen LogP contribution in [0.15, 0.2) is 18.2 Å². The number of carbonyl (C=O) groups is 1. The summed E-state index contributed by atoms with van der Waals surface area (Å²) in [6.45, 7) is 5.92. The molecule has 0 radical (unpaired) electrons. The molecule has 116 valence electrons. The van der Waals surface area contributed by atoms with Crippen LogP contribution in [0.5, 0.6) is 11.5 Å². The molecule has 0 spiro atoms. The molecule has 1 aromatic rings. The van der Waals surface area contributed by atoms with Crippen LogP contribution in [0.25, 0.3) is 0 Å². The molecule has 1 atom stereocenters. The van der Waals surface area contributed by atoms with Gasteiger partial charge >= 0.3 is 0 Å². The van der Waals surface area contributed by atoms with E-state index in [1.165, 1.54) is 0 Å². The van der Waals surface area contributed by atoms with Gasteiger partial charge < -0.3 is 14.4 Å². The lowest BCUT2D eigenvalue weighted by Gasteiger charge is -2.33. The second-order valence-electron chi connectivity index (χ2n) is 5.89. The summed E-state index contributed by atoms with van der Waals surface area (Å²) in [4.78, 5) is 13.8. The van der Waals surface area contributed by atoms with E-state index in [1.807, 2.05) is 6.07 Å². The number of hydrogen-bond acceptors (Lipinski definition) is 4. The summed E-state index contributed by atoms with van der Waals surface area (Å²) in [6.07, 6.45) is 2.47. The van der Waals surface area contributed by atoms with E-state index in [9.17, 15) is 4.79 Å². The summed E-state index contributed by atoms with van der Waals surface area (Å²) in [7, 11) is 3.76. The van der Waals surface area contributed by atoms with Crippen LogP contribution in [0.4, 0.5) is 0 Å². The highest BCUT2D eigenvalue weighted by atomic mass is 16.5. The maximum Gasteiger partial charge on any atom is 0.161 e. The molecule has 0 aliphatic carbocycles.